The molecule has 0 N–H and O–H groups in total. The third-order valence-corrected chi connectivity index (χ3v) is 6.45. The van der Waals surface area contributed by atoms with E-state index in [9.17, 15) is 13.2 Å². The van der Waals surface area contributed by atoms with Crippen molar-refractivity contribution in [1.29, 1.82) is 0 Å². The molecule has 5 nitrogen and oxygen atoms in total. The van der Waals surface area contributed by atoms with Gasteiger partial charge < -0.3 is 4.74 Å². The van der Waals surface area contributed by atoms with E-state index < -0.39 is 10.0 Å². The van der Waals surface area contributed by atoms with E-state index in [1.165, 1.54) is 26.4 Å². The van der Waals surface area contributed by atoms with Gasteiger partial charge in [-0.3, -0.25) is 4.79 Å². The largest absolute Gasteiger partial charge is 0.469 e. The van der Waals surface area contributed by atoms with Crippen molar-refractivity contribution in [2.45, 2.75) is 63.8 Å². The van der Waals surface area contributed by atoms with Crippen molar-refractivity contribution in [3.63, 3.8) is 0 Å². The molecule has 122 valence electrons. The molecule has 2 aliphatic rings. The predicted molar refractivity (Wildman–Crippen MR) is 81.3 cm³/mol. The molecule has 2 fully saturated rings. The third-order valence-electron chi connectivity index (χ3n) is 4.49. The molecule has 0 heterocycles. The summed E-state index contributed by atoms with van der Waals surface area (Å²) < 4.78 is 31.4. The Hall–Kier alpha value is -0.620. The smallest absolute Gasteiger partial charge is 0.305 e. The number of methoxy groups -OCH3 is 1. The number of esters is 1. The molecule has 0 aromatic rings. The second-order valence-electron chi connectivity index (χ2n) is 6.30. The number of carbonyl (C=O) groups excluding carboxylic acids is 1. The number of nitrogens with zero attached hydrogens (tertiary/aromatic N) is 1. The second kappa shape index (κ2) is 7.58. The minimum absolute atomic E-state index is 0.0608. The van der Waals surface area contributed by atoms with Crippen molar-refractivity contribution in [3.8, 4) is 0 Å². The zero-order valence-corrected chi connectivity index (χ0v) is 13.7. The first-order chi connectivity index (χ1) is 10.0. The molecule has 0 spiro atoms. The van der Waals surface area contributed by atoms with Gasteiger partial charge in [0.15, 0.2) is 0 Å². The maximum atomic E-state index is 12.5. The quantitative estimate of drug-likeness (QED) is 0.645. The highest BCUT2D eigenvalue weighted by Gasteiger charge is 2.38. The number of hydrogen-bond acceptors (Lipinski definition) is 4. The molecule has 0 aromatic heterocycles. The first-order valence-corrected chi connectivity index (χ1v) is 9.70. The van der Waals surface area contributed by atoms with E-state index in [1.54, 1.807) is 4.31 Å². The Morgan fingerprint density at radius 3 is 2.38 bits per heavy atom. The molecule has 2 saturated carbocycles. The summed E-state index contributed by atoms with van der Waals surface area (Å²) in [5.41, 5.74) is 0. The van der Waals surface area contributed by atoms with Gasteiger partial charge >= 0.3 is 5.97 Å². The highest BCUT2D eigenvalue weighted by Crippen LogP contribution is 2.33. The van der Waals surface area contributed by atoms with Gasteiger partial charge in [0.25, 0.3) is 0 Å². The van der Waals surface area contributed by atoms with Crippen molar-refractivity contribution < 1.29 is 17.9 Å². The number of carbonyl (C=O) groups is 1. The Morgan fingerprint density at radius 2 is 1.81 bits per heavy atom. The first-order valence-electron chi connectivity index (χ1n) is 8.09. The van der Waals surface area contributed by atoms with Gasteiger partial charge in [0.05, 0.1) is 12.9 Å². The predicted octanol–water partition coefficient (Wildman–Crippen LogP) is 2.31. The van der Waals surface area contributed by atoms with Crippen LogP contribution in [0.2, 0.25) is 0 Å². The van der Waals surface area contributed by atoms with Gasteiger partial charge in [0.1, 0.15) is 0 Å². The van der Waals surface area contributed by atoms with Crippen LogP contribution in [0.15, 0.2) is 0 Å². The minimum atomic E-state index is -3.24. The van der Waals surface area contributed by atoms with Gasteiger partial charge in [-0.15, -0.1) is 0 Å². The molecule has 0 saturated heterocycles. The first kappa shape index (κ1) is 16.7. The van der Waals surface area contributed by atoms with Gasteiger partial charge in [-0.25, -0.2) is 8.42 Å². The third kappa shape index (κ3) is 5.25. The van der Waals surface area contributed by atoms with Crippen LogP contribution in [0, 0.1) is 5.92 Å². The Balaban J connectivity index is 1.88. The Kier molecular flexibility index (Phi) is 6.05. The van der Waals surface area contributed by atoms with Crippen LogP contribution in [0.25, 0.3) is 0 Å². The summed E-state index contributed by atoms with van der Waals surface area (Å²) in [7, 11) is -1.91. The van der Waals surface area contributed by atoms with Crippen LogP contribution in [-0.2, 0) is 19.6 Å². The van der Waals surface area contributed by atoms with Crippen molar-refractivity contribution >= 4 is 16.0 Å². The van der Waals surface area contributed by atoms with Gasteiger partial charge in [-0.2, -0.15) is 4.31 Å². The topological polar surface area (TPSA) is 63.7 Å². The lowest BCUT2D eigenvalue weighted by Crippen LogP contribution is -2.39. The van der Waals surface area contributed by atoms with Crippen LogP contribution < -0.4 is 0 Å². The van der Waals surface area contributed by atoms with E-state index in [-0.39, 0.29) is 24.2 Å². The molecule has 0 bridgehead atoms. The van der Waals surface area contributed by atoms with E-state index >= 15 is 0 Å². The number of sulfonamides is 1. The maximum Gasteiger partial charge on any atom is 0.305 e. The van der Waals surface area contributed by atoms with E-state index in [2.05, 4.69) is 4.74 Å². The van der Waals surface area contributed by atoms with Gasteiger partial charge in [-0.05, 0) is 38.0 Å². The summed E-state index contributed by atoms with van der Waals surface area (Å²) in [5.74, 6) is 0.246. The molecule has 21 heavy (non-hydrogen) atoms. The van der Waals surface area contributed by atoms with Crippen LogP contribution in [0.1, 0.15) is 57.8 Å². The van der Waals surface area contributed by atoms with Crippen molar-refractivity contribution in [1.82, 2.24) is 4.31 Å². The number of ether oxygens (including phenoxy) is 1. The SMILES string of the molecule is COC(=O)CCCS(=O)(=O)N(CC1CCCCC1)C1CC1. The fraction of sp³-hybridized carbons (Fsp3) is 0.933. The summed E-state index contributed by atoms with van der Waals surface area (Å²) in [6, 6.07) is 0.218. The summed E-state index contributed by atoms with van der Waals surface area (Å²) in [5, 5.41) is 0. The molecule has 0 atom stereocenters. The van der Waals surface area contributed by atoms with Crippen LogP contribution in [0.4, 0.5) is 0 Å². The Morgan fingerprint density at radius 1 is 1.14 bits per heavy atom. The van der Waals surface area contributed by atoms with E-state index in [0.29, 0.717) is 18.9 Å². The lowest BCUT2D eigenvalue weighted by Gasteiger charge is -2.29. The summed E-state index contributed by atoms with van der Waals surface area (Å²) in [6.45, 7) is 0.686. The summed E-state index contributed by atoms with van der Waals surface area (Å²) in [6.07, 6.45) is 8.55. The lowest BCUT2D eigenvalue weighted by atomic mass is 9.89. The van der Waals surface area contributed by atoms with Crippen molar-refractivity contribution in [2.75, 3.05) is 19.4 Å². The maximum absolute atomic E-state index is 12.5. The van der Waals surface area contributed by atoms with Crippen LogP contribution >= 0.6 is 0 Å². The summed E-state index contributed by atoms with van der Waals surface area (Å²) >= 11 is 0. The normalized spacial score (nSPS) is 20.7. The molecule has 6 heteroatoms. The van der Waals surface area contributed by atoms with Crippen LogP contribution in [0.3, 0.4) is 0 Å². The van der Waals surface area contributed by atoms with Crippen LogP contribution in [-0.4, -0.2) is 44.1 Å². The standard InChI is InChI=1S/C15H27NO4S/c1-20-15(17)8-5-11-21(18,19)16(14-9-10-14)12-13-6-3-2-4-7-13/h13-14H,2-12H2,1H3. The number of rotatable bonds is 8. The molecule has 2 rings (SSSR count). The van der Waals surface area contributed by atoms with E-state index in [4.69, 9.17) is 0 Å². The van der Waals surface area contributed by atoms with Gasteiger partial charge in [-0.1, -0.05) is 19.3 Å². The highest BCUT2D eigenvalue weighted by atomic mass is 32.2. The molecule has 2 aliphatic carbocycles. The molecule has 0 amide bonds. The van der Waals surface area contributed by atoms with Crippen LogP contribution in [0.5, 0.6) is 0 Å². The molecule has 0 aromatic carbocycles. The zero-order chi connectivity index (χ0) is 15.3. The van der Waals surface area contributed by atoms with Crippen molar-refractivity contribution in [2.24, 2.45) is 5.92 Å². The van der Waals surface area contributed by atoms with E-state index in [0.717, 1.165) is 25.7 Å². The van der Waals surface area contributed by atoms with Gasteiger partial charge in [0, 0.05) is 19.0 Å². The molecule has 0 unspecified atom stereocenters. The highest BCUT2D eigenvalue weighted by molar-refractivity contribution is 7.89. The summed E-state index contributed by atoms with van der Waals surface area (Å²) in [4.78, 5) is 11.1. The minimum Gasteiger partial charge on any atom is -0.469 e. The second-order valence-corrected chi connectivity index (χ2v) is 8.34. The lowest BCUT2D eigenvalue weighted by molar-refractivity contribution is -0.140. The molecular weight excluding hydrogens is 290 g/mol. The Bertz CT molecular complexity index is 439. The number of hydrogen-bond donors (Lipinski definition) is 0. The Labute approximate surface area is 128 Å². The zero-order valence-electron chi connectivity index (χ0n) is 12.9. The van der Waals surface area contributed by atoms with E-state index in [1.807, 2.05) is 0 Å². The fourth-order valence-corrected chi connectivity index (χ4v) is 4.94. The molecular formula is C15H27NO4S. The van der Waals surface area contributed by atoms with Crippen molar-refractivity contribution in [3.05, 3.63) is 0 Å². The molecule has 0 aliphatic heterocycles. The molecule has 0 radical (unpaired) electrons. The fourth-order valence-electron chi connectivity index (χ4n) is 3.09. The average molecular weight is 317 g/mol. The average Bonchev–Trinajstić information content (AvgIpc) is 3.29. The van der Waals surface area contributed by atoms with Gasteiger partial charge in [0.2, 0.25) is 10.0 Å². The monoisotopic (exact) mass is 317 g/mol.